The molecule has 1 aliphatic heterocycles. The Hall–Kier alpha value is -1.35. The van der Waals surface area contributed by atoms with Crippen LogP contribution in [0.1, 0.15) is 51.0 Å². The van der Waals surface area contributed by atoms with E-state index < -0.39 is 5.60 Å². The van der Waals surface area contributed by atoms with Crippen molar-refractivity contribution in [1.82, 2.24) is 0 Å². The van der Waals surface area contributed by atoms with Gasteiger partial charge in [0, 0.05) is 6.42 Å². The van der Waals surface area contributed by atoms with Crippen LogP contribution in [0.3, 0.4) is 0 Å². The van der Waals surface area contributed by atoms with Gasteiger partial charge in [-0.15, -0.1) is 0 Å². The standard InChI is InChI=1S/C16H22O3/c1-3-16(18,4-2)15(17)11-12-9-10-19-14-8-6-5-7-13(12)14/h5-8,12,18H,3-4,9-11H2,1-2H3. The van der Waals surface area contributed by atoms with Crippen molar-refractivity contribution in [2.75, 3.05) is 6.61 Å². The number of ether oxygens (including phenoxy) is 1. The molecule has 1 N–H and O–H groups in total. The second-order valence-electron chi connectivity index (χ2n) is 5.24. The number of ketones is 1. The largest absolute Gasteiger partial charge is 0.493 e. The van der Waals surface area contributed by atoms with Crippen LogP contribution in [0.5, 0.6) is 5.75 Å². The van der Waals surface area contributed by atoms with Gasteiger partial charge >= 0.3 is 0 Å². The molecule has 1 aromatic carbocycles. The molecule has 1 atom stereocenters. The van der Waals surface area contributed by atoms with E-state index in [4.69, 9.17) is 4.74 Å². The number of carbonyl (C=O) groups excluding carboxylic acids is 1. The van der Waals surface area contributed by atoms with Crippen molar-refractivity contribution in [2.24, 2.45) is 0 Å². The maximum atomic E-state index is 12.3. The number of Topliss-reactive ketones (excluding diaryl/α,β-unsaturated/α-hetero) is 1. The van der Waals surface area contributed by atoms with E-state index in [1.165, 1.54) is 0 Å². The van der Waals surface area contributed by atoms with Gasteiger partial charge in [-0.3, -0.25) is 4.79 Å². The number of para-hydroxylation sites is 1. The van der Waals surface area contributed by atoms with E-state index >= 15 is 0 Å². The molecule has 2 rings (SSSR count). The SMILES string of the molecule is CCC(O)(CC)C(=O)CC1CCOc2ccccc21. The van der Waals surface area contributed by atoms with Crippen LogP contribution in [-0.2, 0) is 4.79 Å². The minimum absolute atomic E-state index is 0.0424. The van der Waals surface area contributed by atoms with Crippen molar-refractivity contribution in [1.29, 1.82) is 0 Å². The van der Waals surface area contributed by atoms with Crippen LogP contribution in [0.2, 0.25) is 0 Å². The number of aliphatic hydroxyl groups is 1. The summed E-state index contributed by atoms with van der Waals surface area (Å²) in [6.07, 6.45) is 2.20. The van der Waals surface area contributed by atoms with E-state index in [1.54, 1.807) is 0 Å². The van der Waals surface area contributed by atoms with Crippen LogP contribution in [0.4, 0.5) is 0 Å². The van der Waals surface area contributed by atoms with Crippen molar-refractivity contribution in [2.45, 2.75) is 51.0 Å². The van der Waals surface area contributed by atoms with Crippen LogP contribution in [0.15, 0.2) is 24.3 Å². The van der Waals surface area contributed by atoms with Crippen molar-refractivity contribution in [3.63, 3.8) is 0 Å². The summed E-state index contributed by atoms with van der Waals surface area (Å²) in [6.45, 7) is 4.37. The highest BCUT2D eigenvalue weighted by molar-refractivity contribution is 5.87. The number of hydrogen-bond donors (Lipinski definition) is 1. The molecule has 0 aromatic heterocycles. The molecule has 0 bridgehead atoms. The van der Waals surface area contributed by atoms with Crippen molar-refractivity contribution >= 4 is 5.78 Å². The Kier molecular flexibility index (Phi) is 4.25. The monoisotopic (exact) mass is 262 g/mol. The fourth-order valence-corrected chi connectivity index (χ4v) is 2.69. The van der Waals surface area contributed by atoms with Gasteiger partial charge in [-0.25, -0.2) is 0 Å². The molecule has 1 unspecified atom stereocenters. The van der Waals surface area contributed by atoms with Crippen LogP contribution >= 0.6 is 0 Å². The topological polar surface area (TPSA) is 46.5 Å². The Balaban J connectivity index is 2.15. The lowest BCUT2D eigenvalue weighted by Gasteiger charge is -2.29. The van der Waals surface area contributed by atoms with Crippen molar-refractivity contribution < 1.29 is 14.6 Å². The molecule has 1 aromatic rings. The maximum absolute atomic E-state index is 12.3. The highest BCUT2D eigenvalue weighted by Crippen LogP contribution is 2.37. The third kappa shape index (κ3) is 2.81. The van der Waals surface area contributed by atoms with Gasteiger partial charge in [0.2, 0.25) is 0 Å². The summed E-state index contributed by atoms with van der Waals surface area (Å²) in [5.41, 5.74) is -0.0654. The van der Waals surface area contributed by atoms with Gasteiger partial charge in [-0.05, 0) is 36.8 Å². The number of rotatable bonds is 5. The Labute approximate surface area is 114 Å². The third-order valence-electron chi connectivity index (χ3n) is 4.20. The zero-order chi connectivity index (χ0) is 13.9. The predicted molar refractivity (Wildman–Crippen MR) is 74.5 cm³/mol. The van der Waals surface area contributed by atoms with Crippen molar-refractivity contribution in [3.05, 3.63) is 29.8 Å². The van der Waals surface area contributed by atoms with Crippen LogP contribution in [0.25, 0.3) is 0 Å². The molecule has 1 heterocycles. The zero-order valence-electron chi connectivity index (χ0n) is 11.7. The molecular weight excluding hydrogens is 240 g/mol. The minimum Gasteiger partial charge on any atom is -0.493 e. The normalized spacial score (nSPS) is 18.6. The van der Waals surface area contributed by atoms with E-state index in [0.29, 0.717) is 25.9 Å². The summed E-state index contributed by atoms with van der Waals surface area (Å²) >= 11 is 0. The van der Waals surface area contributed by atoms with Crippen LogP contribution in [-0.4, -0.2) is 23.1 Å². The molecule has 0 fully saturated rings. The summed E-state index contributed by atoms with van der Waals surface area (Å²) in [5.74, 6) is 1.00. The molecule has 0 saturated heterocycles. The molecule has 0 radical (unpaired) electrons. The summed E-state index contributed by atoms with van der Waals surface area (Å²) < 4.78 is 5.60. The number of carbonyl (C=O) groups is 1. The average molecular weight is 262 g/mol. The summed E-state index contributed by atoms with van der Waals surface area (Å²) in [7, 11) is 0. The predicted octanol–water partition coefficient (Wildman–Crippen LogP) is 3.06. The molecule has 19 heavy (non-hydrogen) atoms. The van der Waals surface area contributed by atoms with Gasteiger partial charge in [0.05, 0.1) is 6.61 Å². The van der Waals surface area contributed by atoms with Gasteiger partial charge < -0.3 is 9.84 Å². The number of benzene rings is 1. The summed E-state index contributed by atoms with van der Waals surface area (Å²) in [6, 6.07) is 7.87. The Morgan fingerprint density at radius 2 is 2.05 bits per heavy atom. The first-order valence-electron chi connectivity index (χ1n) is 7.08. The van der Waals surface area contributed by atoms with Gasteiger partial charge in [0.1, 0.15) is 11.4 Å². The molecule has 1 aliphatic rings. The molecular formula is C16H22O3. The molecule has 0 spiro atoms. The zero-order valence-corrected chi connectivity index (χ0v) is 11.7. The highest BCUT2D eigenvalue weighted by atomic mass is 16.5. The highest BCUT2D eigenvalue weighted by Gasteiger charge is 2.34. The average Bonchev–Trinajstić information content (AvgIpc) is 2.46. The molecule has 3 nitrogen and oxygen atoms in total. The maximum Gasteiger partial charge on any atom is 0.164 e. The molecule has 0 amide bonds. The van der Waals surface area contributed by atoms with Gasteiger partial charge in [0.25, 0.3) is 0 Å². The van der Waals surface area contributed by atoms with E-state index in [1.807, 2.05) is 38.1 Å². The van der Waals surface area contributed by atoms with E-state index in [9.17, 15) is 9.90 Å². The Morgan fingerprint density at radius 1 is 1.37 bits per heavy atom. The van der Waals surface area contributed by atoms with Crippen molar-refractivity contribution in [3.8, 4) is 5.75 Å². The van der Waals surface area contributed by atoms with E-state index in [2.05, 4.69) is 0 Å². The first-order chi connectivity index (χ1) is 9.10. The lowest BCUT2D eigenvalue weighted by atomic mass is 9.82. The van der Waals surface area contributed by atoms with Gasteiger partial charge in [0.15, 0.2) is 5.78 Å². The lowest BCUT2D eigenvalue weighted by Crippen LogP contribution is -2.38. The van der Waals surface area contributed by atoms with E-state index in [0.717, 1.165) is 17.7 Å². The Bertz CT molecular complexity index is 449. The first-order valence-corrected chi connectivity index (χ1v) is 7.08. The minimum atomic E-state index is -1.16. The quantitative estimate of drug-likeness (QED) is 0.887. The third-order valence-corrected chi connectivity index (χ3v) is 4.20. The fourth-order valence-electron chi connectivity index (χ4n) is 2.69. The second-order valence-corrected chi connectivity index (χ2v) is 5.24. The lowest BCUT2D eigenvalue weighted by molar-refractivity contribution is -0.138. The Morgan fingerprint density at radius 3 is 2.74 bits per heavy atom. The number of hydrogen-bond acceptors (Lipinski definition) is 3. The second kappa shape index (κ2) is 5.74. The molecule has 3 heteroatoms. The van der Waals surface area contributed by atoms with Crippen LogP contribution in [0, 0.1) is 0 Å². The van der Waals surface area contributed by atoms with Gasteiger partial charge in [-0.2, -0.15) is 0 Å². The van der Waals surface area contributed by atoms with E-state index in [-0.39, 0.29) is 11.7 Å². The molecule has 0 aliphatic carbocycles. The molecule has 0 saturated carbocycles. The fraction of sp³-hybridized carbons (Fsp3) is 0.562. The first kappa shape index (κ1) is 14.1. The van der Waals surface area contributed by atoms with Crippen LogP contribution < -0.4 is 4.74 Å². The summed E-state index contributed by atoms with van der Waals surface area (Å²) in [4.78, 5) is 12.3. The molecule has 104 valence electrons. The van der Waals surface area contributed by atoms with Gasteiger partial charge in [-0.1, -0.05) is 32.0 Å². The number of fused-ring (bicyclic) bond motifs is 1. The summed E-state index contributed by atoms with van der Waals surface area (Å²) in [5, 5.41) is 10.3. The smallest absolute Gasteiger partial charge is 0.164 e.